The van der Waals surface area contributed by atoms with Crippen molar-refractivity contribution in [3.63, 3.8) is 0 Å². The van der Waals surface area contributed by atoms with E-state index in [4.69, 9.17) is 4.74 Å². The van der Waals surface area contributed by atoms with Crippen molar-refractivity contribution in [3.8, 4) is 17.1 Å². The smallest absolute Gasteiger partial charge is 0.258 e. The van der Waals surface area contributed by atoms with Crippen molar-refractivity contribution in [1.29, 1.82) is 0 Å². The maximum Gasteiger partial charge on any atom is 0.258 e. The molecule has 1 N–H and O–H groups in total. The molecule has 1 atom stereocenters. The zero-order chi connectivity index (χ0) is 21.3. The molecule has 1 unspecified atom stereocenters. The Hall–Kier alpha value is -3.00. The van der Waals surface area contributed by atoms with Crippen LogP contribution >= 0.6 is 0 Å². The third-order valence-corrected chi connectivity index (χ3v) is 7.01. The Morgan fingerprint density at radius 3 is 2.63 bits per heavy atom. The van der Waals surface area contributed by atoms with E-state index < -0.39 is 9.84 Å². The maximum atomic E-state index is 12.2. The summed E-state index contributed by atoms with van der Waals surface area (Å²) in [5.41, 5.74) is 4.00. The maximum absolute atomic E-state index is 12.2. The fourth-order valence-electron chi connectivity index (χ4n) is 3.69. The number of carbonyl (C=O) groups is 1. The van der Waals surface area contributed by atoms with Crippen LogP contribution in [-0.4, -0.2) is 48.7 Å². The second kappa shape index (κ2) is 8.02. The third-order valence-electron chi connectivity index (χ3n) is 5.24. The van der Waals surface area contributed by atoms with Gasteiger partial charge in [-0.25, -0.2) is 8.42 Å². The van der Waals surface area contributed by atoms with Gasteiger partial charge in [0.2, 0.25) is 5.88 Å². The predicted molar refractivity (Wildman–Crippen MR) is 115 cm³/mol. The van der Waals surface area contributed by atoms with Crippen LogP contribution in [0.25, 0.3) is 22.0 Å². The Morgan fingerprint density at radius 2 is 1.90 bits per heavy atom. The predicted octanol–water partition coefficient (Wildman–Crippen LogP) is 2.60. The number of nitrogens with one attached hydrogen (secondary N) is 1. The number of sulfone groups is 1. The molecule has 1 amide bonds. The molecule has 8 heteroatoms. The summed E-state index contributed by atoms with van der Waals surface area (Å²) in [7, 11) is -3.05. The molecule has 30 heavy (non-hydrogen) atoms. The fourth-order valence-corrected chi connectivity index (χ4v) is 5.36. The van der Waals surface area contributed by atoms with E-state index in [0.717, 1.165) is 33.2 Å². The molecule has 1 aliphatic rings. The van der Waals surface area contributed by atoms with E-state index in [1.165, 1.54) is 0 Å². The van der Waals surface area contributed by atoms with E-state index in [-0.39, 0.29) is 35.9 Å². The molecule has 3 aromatic rings. The van der Waals surface area contributed by atoms with Gasteiger partial charge in [0.15, 0.2) is 16.4 Å². The molecule has 2 aromatic carbocycles. The molecule has 1 fully saturated rings. The largest absolute Gasteiger partial charge is 0.466 e. The molecule has 1 aromatic heterocycles. The Bertz CT molecular complexity index is 1220. The lowest BCUT2D eigenvalue weighted by Crippen LogP contribution is -2.38. The number of ether oxygens (including phenoxy) is 1. The first-order valence-corrected chi connectivity index (χ1v) is 11.6. The average molecular weight is 426 g/mol. The Morgan fingerprint density at radius 1 is 1.13 bits per heavy atom. The number of benzene rings is 2. The molecule has 0 spiro atoms. The van der Waals surface area contributed by atoms with Crippen LogP contribution in [0.3, 0.4) is 0 Å². The number of amides is 1. The van der Waals surface area contributed by atoms with Gasteiger partial charge in [0.05, 0.1) is 11.5 Å². The van der Waals surface area contributed by atoms with Crippen LogP contribution in [0, 0.1) is 13.8 Å². The van der Waals surface area contributed by atoms with Gasteiger partial charge < -0.3 is 10.1 Å². The molecule has 0 saturated carbocycles. The molecule has 1 aliphatic heterocycles. The van der Waals surface area contributed by atoms with Gasteiger partial charge in [-0.1, -0.05) is 35.9 Å². The number of carbonyl (C=O) groups excluding carboxylic acids is 1. The second-order valence-corrected chi connectivity index (χ2v) is 9.90. The summed E-state index contributed by atoms with van der Waals surface area (Å²) in [6.07, 6.45) is 0.432. The minimum Gasteiger partial charge on any atom is -0.466 e. The average Bonchev–Trinajstić information content (AvgIpc) is 3.06. The van der Waals surface area contributed by atoms with Crippen molar-refractivity contribution in [3.05, 3.63) is 53.6 Å². The second-order valence-electron chi connectivity index (χ2n) is 7.67. The van der Waals surface area contributed by atoms with Crippen LogP contribution < -0.4 is 10.1 Å². The molecule has 2 heterocycles. The summed E-state index contributed by atoms with van der Waals surface area (Å²) in [5, 5.41) is 13.0. The molecule has 7 nitrogen and oxygen atoms in total. The van der Waals surface area contributed by atoms with Gasteiger partial charge in [-0.2, -0.15) is 0 Å². The van der Waals surface area contributed by atoms with Crippen LogP contribution in [0.15, 0.2) is 42.5 Å². The lowest BCUT2D eigenvalue weighted by molar-refractivity contribution is -0.123. The molecule has 0 bridgehead atoms. The molecular weight excluding hydrogens is 402 g/mol. The van der Waals surface area contributed by atoms with Crippen molar-refractivity contribution >= 4 is 26.5 Å². The molecule has 156 valence electrons. The lowest BCUT2D eigenvalue weighted by Gasteiger charge is -2.14. The van der Waals surface area contributed by atoms with Gasteiger partial charge in [0, 0.05) is 22.4 Å². The van der Waals surface area contributed by atoms with Crippen molar-refractivity contribution in [2.24, 2.45) is 0 Å². The minimum atomic E-state index is -3.05. The first-order valence-electron chi connectivity index (χ1n) is 9.78. The highest BCUT2D eigenvalue weighted by atomic mass is 32.2. The van der Waals surface area contributed by atoms with E-state index in [9.17, 15) is 13.2 Å². The van der Waals surface area contributed by atoms with Crippen LogP contribution in [0.5, 0.6) is 5.88 Å². The van der Waals surface area contributed by atoms with Crippen molar-refractivity contribution in [2.45, 2.75) is 26.3 Å². The van der Waals surface area contributed by atoms with Gasteiger partial charge >= 0.3 is 0 Å². The number of aromatic nitrogens is 2. The third kappa shape index (κ3) is 4.28. The quantitative estimate of drug-likeness (QED) is 0.675. The highest BCUT2D eigenvalue weighted by molar-refractivity contribution is 7.91. The van der Waals surface area contributed by atoms with Gasteiger partial charge in [-0.05, 0) is 38.0 Å². The summed E-state index contributed by atoms with van der Waals surface area (Å²) >= 11 is 0. The Labute approximate surface area is 175 Å². The number of hydrogen-bond acceptors (Lipinski definition) is 6. The lowest BCUT2D eigenvalue weighted by atomic mass is 9.99. The molecule has 4 rings (SSSR count). The highest BCUT2D eigenvalue weighted by Gasteiger charge is 2.29. The topological polar surface area (TPSA) is 98.2 Å². The number of nitrogens with zero attached hydrogens (tertiary/aromatic N) is 2. The normalized spacial score (nSPS) is 17.7. The van der Waals surface area contributed by atoms with Crippen LogP contribution in [0.4, 0.5) is 0 Å². The van der Waals surface area contributed by atoms with Gasteiger partial charge in [-0.15, -0.1) is 10.2 Å². The molecular formula is C22H23N3O4S. The molecule has 0 aliphatic carbocycles. The monoisotopic (exact) mass is 425 g/mol. The Kier molecular flexibility index (Phi) is 5.42. The zero-order valence-electron chi connectivity index (χ0n) is 16.9. The molecule has 1 saturated heterocycles. The minimum absolute atomic E-state index is 0.0218. The van der Waals surface area contributed by atoms with Crippen LogP contribution in [-0.2, 0) is 14.6 Å². The zero-order valence-corrected chi connectivity index (χ0v) is 17.7. The SMILES string of the molecule is Cc1ccc(C)c(-c2nnc(OCC(=O)NC3CCS(=O)(=O)C3)c3ccccc23)c1. The standard InChI is InChI=1S/C22H23N3O4S/c1-14-7-8-15(2)19(11-14)21-17-5-3-4-6-18(17)22(25-24-21)29-12-20(26)23-16-9-10-30(27,28)13-16/h3-8,11,16H,9-10,12-13H2,1-2H3,(H,23,26). The fraction of sp³-hybridized carbons (Fsp3) is 0.318. The van der Waals surface area contributed by atoms with E-state index in [1.54, 1.807) is 0 Å². The molecule has 0 radical (unpaired) electrons. The summed E-state index contributed by atoms with van der Waals surface area (Å²) in [4.78, 5) is 12.2. The van der Waals surface area contributed by atoms with E-state index in [1.807, 2.05) is 38.1 Å². The highest BCUT2D eigenvalue weighted by Crippen LogP contribution is 2.32. The van der Waals surface area contributed by atoms with Gasteiger partial charge in [-0.3, -0.25) is 4.79 Å². The summed E-state index contributed by atoms with van der Waals surface area (Å²) in [5.74, 6) is -0.0173. The van der Waals surface area contributed by atoms with E-state index in [2.05, 4.69) is 33.7 Å². The van der Waals surface area contributed by atoms with Crippen LogP contribution in [0.1, 0.15) is 17.5 Å². The van der Waals surface area contributed by atoms with Gasteiger partial charge in [0.25, 0.3) is 5.91 Å². The first-order chi connectivity index (χ1) is 14.3. The van der Waals surface area contributed by atoms with E-state index >= 15 is 0 Å². The van der Waals surface area contributed by atoms with E-state index in [0.29, 0.717) is 6.42 Å². The van der Waals surface area contributed by atoms with Gasteiger partial charge in [0.1, 0.15) is 5.69 Å². The number of aryl methyl sites for hydroxylation is 2. The summed E-state index contributed by atoms with van der Waals surface area (Å²) in [6.45, 7) is 3.81. The summed E-state index contributed by atoms with van der Waals surface area (Å²) < 4.78 is 28.7. The Balaban J connectivity index is 1.56. The number of hydrogen-bond donors (Lipinski definition) is 1. The van der Waals surface area contributed by atoms with Crippen molar-refractivity contribution < 1.29 is 17.9 Å². The number of fused-ring (bicyclic) bond motifs is 1. The van der Waals surface area contributed by atoms with Crippen LogP contribution in [0.2, 0.25) is 0 Å². The number of rotatable bonds is 5. The summed E-state index contributed by atoms with van der Waals surface area (Å²) in [6, 6.07) is 13.5. The first kappa shape index (κ1) is 20.3. The van der Waals surface area contributed by atoms with Crippen molar-refractivity contribution in [2.75, 3.05) is 18.1 Å². The van der Waals surface area contributed by atoms with Crippen molar-refractivity contribution in [1.82, 2.24) is 15.5 Å².